The van der Waals surface area contributed by atoms with Crippen LogP contribution in [0.5, 0.6) is 0 Å². The molecule has 0 fully saturated rings. The van der Waals surface area contributed by atoms with Gasteiger partial charge in [0.25, 0.3) is 0 Å². The SMILES string of the molecule is CC(=CCCCN=[N+]=[N-])C(N)=O. The molecule has 1 amide bonds. The molecule has 12 heavy (non-hydrogen) atoms. The maximum atomic E-state index is 10.5. The van der Waals surface area contributed by atoms with E-state index >= 15 is 0 Å². The molecule has 0 bridgehead atoms. The minimum Gasteiger partial charge on any atom is -0.366 e. The number of nitrogens with zero attached hydrogens (tertiary/aromatic N) is 3. The summed E-state index contributed by atoms with van der Waals surface area (Å²) in [5.41, 5.74) is 13.5. The first-order valence-corrected chi connectivity index (χ1v) is 3.66. The molecule has 0 rings (SSSR count). The summed E-state index contributed by atoms with van der Waals surface area (Å²) in [6.07, 6.45) is 3.21. The zero-order chi connectivity index (χ0) is 9.40. The summed E-state index contributed by atoms with van der Waals surface area (Å²) < 4.78 is 0. The lowest BCUT2D eigenvalue weighted by molar-refractivity contribution is -0.114. The first-order chi connectivity index (χ1) is 5.68. The van der Waals surface area contributed by atoms with Gasteiger partial charge in [0.05, 0.1) is 0 Å². The maximum Gasteiger partial charge on any atom is 0.244 e. The van der Waals surface area contributed by atoms with Crippen molar-refractivity contribution in [2.24, 2.45) is 10.8 Å². The molecule has 0 aliphatic rings. The molecule has 0 saturated carbocycles. The molecule has 0 aromatic heterocycles. The van der Waals surface area contributed by atoms with E-state index in [-0.39, 0.29) is 0 Å². The Bertz CT molecular complexity index is 228. The number of azide groups is 1. The van der Waals surface area contributed by atoms with Crippen molar-refractivity contribution in [3.05, 3.63) is 22.1 Å². The Balaban J connectivity index is 3.60. The number of amides is 1. The summed E-state index contributed by atoms with van der Waals surface area (Å²) in [6.45, 7) is 2.12. The second-order valence-corrected chi connectivity index (χ2v) is 2.35. The molecule has 0 aliphatic heterocycles. The van der Waals surface area contributed by atoms with E-state index in [2.05, 4.69) is 10.0 Å². The fourth-order valence-corrected chi connectivity index (χ4v) is 0.626. The number of allylic oxidation sites excluding steroid dienone is 1. The van der Waals surface area contributed by atoms with Crippen molar-refractivity contribution in [1.29, 1.82) is 0 Å². The van der Waals surface area contributed by atoms with Crippen molar-refractivity contribution in [3.63, 3.8) is 0 Å². The zero-order valence-electron chi connectivity index (χ0n) is 7.03. The van der Waals surface area contributed by atoms with Gasteiger partial charge in [0, 0.05) is 17.0 Å². The number of hydrogen-bond acceptors (Lipinski definition) is 2. The number of rotatable bonds is 5. The molecule has 0 heterocycles. The van der Waals surface area contributed by atoms with E-state index in [1.54, 1.807) is 13.0 Å². The van der Waals surface area contributed by atoms with Crippen molar-refractivity contribution < 1.29 is 4.79 Å². The van der Waals surface area contributed by atoms with Gasteiger partial charge in [0.2, 0.25) is 5.91 Å². The summed E-state index contributed by atoms with van der Waals surface area (Å²) in [6, 6.07) is 0. The Morgan fingerprint density at radius 2 is 2.42 bits per heavy atom. The van der Waals surface area contributed by atoms with Crippen molar-refractivity contribution >= 4 is 5.91 Å². The first-order valence-electron chi connectivity index (χ1n) is 3.66. The number of hydrogen-bond donors (Lipinski definition) is 1. The summed E-state index contributed by atoms with van der Waals surface area (Å²) in [7, 11) is 0. The molecular formula is C7H12N4O. The summed E-state index contributed by atoms with van der Waals surface area (Å²) in [5.74, 6) is -0.404. The van der Waals surface area contributed by atoms with Gasteiger partial charge < -0.3 is 5.73 Å². The van der Waals surface area contributed by atoms with Crippen LogP contribution in [-0.4, -0.2) is 12.5 Å². The van der Waals surface area contributed by atoms with Crippen molar-refractivity contribution in [1.82, 2.24) is 0 Å². The number of primary amides is 1. The lowest BCUT2D eigenvalue weighted by atomic mass is 10.2. The van der Waals surface area contributed by atoms with Gasteiger partial charge in [-0.2, -0.15) is 0 Å². The van der Waals surface area contributed by atoms with Crippen molar-refractivity contribution in [3.8, 4) is 0 Å². The van der Waals surface area contributed by atoms with Crippen molar-refractivity contribution in [2.75, 3.05) is 6.54 Å². The third-order valence-corrected chi connectivity index (χ3v) is 1.36. The van der Waals surface area contributed by atoms with Crippen molar-refractivity contribution in [2.45, 2.75) is 19.8 Å². The van der Waals surface area contributed by atoms with Crippen LogP contribution in [0.2, 0.25) is 0 Å². The molecule has 5 nitrogen and oxygen atoms in total. The summed E-state index contributed by atoms with van der Waals surface area (Å²) in [5, 5.41) is 3.35. The van der Waals surface area contributed by atoms with Gasteiger partial charge in [-0.25, -0.2) is 0 Å². The van der Waals surface area contributed by atoms with Gasteiger partial charge in [0.15, 0.2) is 0 Å². The molecule has 2 N–H and O–H groups in total. The average molecular weight is 168 g/mol. The van der Waals surface area contributed by atoms with Crippen LogP contribution in [0, 0.1) is 0 Å². The Morgan fingerprint density at radius 1 is 1.75 bits per heavy atom. The normalized spacial score (nSPS) is 10.6. The van der Waals surface area contributed by atoms with Gasteiger partial charge in [0.1, 0.15) is 0 Å². The summed E-state index contributed by atoms with van der Waals surface area (Å²) in [4.78, 5) is 13.1. The molecule has 66 valence electrons. The lowest BCUT2D eigenvalue weighted by Crippen LogP contribution is -2.11. The third kappa shape index (κ3) is 5.32. The van der Waals surface area contributed by atoms with Crippen LogP contribution >= 0.6 is 0 Å². The van der Waals surface area contributed by atoms with E-state index in [4.69, 9.17) is 11.3 Å². The highest BCUT2D eigenvalue weighted by Gasteiger charge is 1.94. The summed E-state index contributed by atoms with van der Waals surface area (Å²) >= 11 is 0. The van der Waals surface area contributed by atoms with Gasteiger partial charge >= 0.3 is 0 Å². The highest BCUT2D eigenvalue weighted by molar-refractivity contribution is 5.91. The van der Waals surface area contributed by atoms with Gasteiger partial charge in [-0.15, -0.1) is 0 Å². The number of nitrogens with two attached hydrogens (primary N) is 1. The molecule has 0 aliphatic carbocycles. The Hall–Kier alpha value is -1.48. The van der Waals surface area contributed by atoms with Gasteiger partial charge in [-0.3, -0.25) is 4.79 Å². The molecule has 5 heteroatoms. The minimum absolute atomic E-state index is 0.404. The van der Waals surface area contributed by atoms with Gasteiger partial charge in [-0.05, 0) is 25.3 Å². The minimum atomic E-state index is -0.404. The highest BCUT2D eigenvalue weighted by atomic mass is 16.1. The van der Waals surface area contributed by atoms with Crippen LogP contribution in [0.15, 0.2) is 16.8 Å². The van der Waals surface area contributed by atoms with Crippen LogP contribution in [0.1, 0.15) is 19.8 Å². The topological polar surface area (TPSA) is 91.8 Å². The smallest absolute Gasteiger partial charge is 0.244 e. The van der Waals surface area contributed by atoms with E-state index in [0.29, 0.717) is 18.5 Å². The predicted octanol–water partition coefficient (Wildman–Crippen LogP) is 1.51. The fourth-order valence-electron chi connectivity index (χ4n) is 0.626. The van der Waals surface area contributed by atoms with E-state index < -0.39 is 5.91 Å². The second-order valence-electron chi connectivity index (χ2n) is 2.35. The fraction of sp³-hybridized carbons (Fsp3) is 0.571. The predicted molar refractivity (Wildman–Crippen MR) is 46.2 cm³/mol. The quantitative estimate of drug-likeness (QED) is 0.217. The second kappa shape index (κ2) is 6.24. The Morgan fingerprint density at radius 3 is 2.92 bits per heavy atom. The third-order valence-electron chi connectivity index (χ3n) is 1.36. The Labute approximate surface area is 70.9 Å². The Kier molecular flexibility index (Phi) is 5.47. The molecule has 0 atom stereocenters. The van der Waals surface area contributed by atoms with Crippen LogP contribution in [0.3, 0.4) is 0 Å². The van der Waals surface area contributed by atoms with Crippen LogP contribution in [-0.2, 0) is 4.79 Å². The van der Waals surface area contributed by atoms with E-state index in [1.807, 2.05) is 0 Å². The highest BCUT2D eigenvalue weighted by Crippen LogP contribution is 1.97. The molecule has 0 unspecified atom stereocenters. The zero-order valence-corrected chi connectivity index (χ0v) is 7.03. The van der Waals surface area contributed by atoms with E-state index in [0.717, 1.165) is 6.42 Å². The molecule has 0 radical (unpaired) electrons. The monoisotopic (exact) mass is 168 g/mol. The van der Waals surface area contributed by atoms with E-state index in [9.17, 15) is 4.79 Å². The molecule has 0 saturated heterocycles. The van der Waals surface area contributed by atoms with Crippen LogP contribution in [0.25, 0.3) is 10.4 Å². The van der Waals surface area contributed by atoms with E-state index in [1.165, 1.54) is 0 Å². The van der Waals surface area contributed by atoms with Crippen LogP contribution < -0.4 is 5.73 Å². The maximum absolute atomic E-state index is 10.5. The number of unbranched alkanes of at least 4 members (excludes halogenated alkanes) is 1. The standard InChI is InChI=1S/C7H12N4O/c1-6(7(8)12)4-2-3-5-10-11-9/h4H,2-3,5H2,1H3,(H2,8,12). The van der Waals surface area contributed by atoms with Gasteiger partial charge in [-0.1, -0.05) is 11.2 Å². The first kappa shape index (κ1) is 10.5. The van der Waals surface area contributed by atoms with Crippen LogP contribution in [0.4, 0.5) is 0 Å². The average Bonchev–Trinajstić information content (AvgIpc) is 2.03. The molecule has 0 aromatic carbocycles. The number of carbonyl (C=O) groups is 1. The molecule has 0 spiro atoms. The lowest BCUT2D eigenvalue weighted by Gasteiger charge is -1.93. The largest absolute Gasteiger partial charge is 0.366 e. The molecule has 0 aromatic rings. The number of carbonyl (C=O) groups excluding carboxylic acids is 1. The molecular weight excluding hydrogens is 156 g/mol.